The molecule has 1 saturated carbocycles. The summed E-state index contributed by atoms with van der Waals surface area (Å²) in [6, 6.07) is 8.54. The Morgan fingerprint density at radius 1 is 1.17 bits per heavy atom. The number of hydrogen-bond acceptors (Lipinski definition) is 5. The maximum atomic E-state index is 5.33. The van der Waals surface area contributed by atoms with Crippen LogP contribution in [0.5, 0.6) is 5.75 Å². The number of benzene rings is 1. The minimum atomic E-state index is 0.630. The fraction of sp³-hybridized carbons (Fsp3) is 0.444. The normalized spacial score (nSPS) is 16.9. The summed E-state index contributed by atoms with van der Waals surface area (Å²) in [4.78, 5) is 11.6. The number of fused-ring (bicyclic) bond motifs is 1. The van der Waals surface area contributed by atoms with Crippen LogP contribution in [0, 0.1) is 0 Å². The summed E-state index contributed by atoms with van der Waals surface area (Å²) in [5.41, 5.74) is 3.92. The van der Waals surface area contributed by atoms with Gasteiger partial charge in [-0.15, -0.1) is 0 Å². The first-order valence-electron chi connectivity index (χ1n) is 8.24. The van der Waals surface area contributed by atoms with Gasteiger partial charge in [0.15, 0.2) is 0 Å². The standard InChI is InChI=1S/C18H22N4O/c1-19-18-20-16(12-3-4-12)10-17(21-18)22-8-7-13-9-15(23-2)6-5-14(13)11-22/h5-6,9-10,12H,3-4,7-8,11H2,1-2H3,(H,19,20,21). The van der Waals surface area contributed by atoms with E-state index < -0.39 is 0 Å². The van der Waals surface area contributed by atoms with E-state index in [-0.39, 0.29) is 0 Å². The summed E-state index contributed by atoms with van der Waals surface area (Å²) in [6.07, 6.45) is 3.52. The molecular formula is C18H22N4O. The summed E-state index contributed by atoms with van der Waals surface area (Å²) in [7, 11) is 3.60. The van der Waals surface area contributed by atoms with Crippen LogP contribution in [0.4, 0.5) is 11.8 Å². The Morgan fingerprint density at radius 3 is 2.78 bits per heavy atom. The topological polar surface area (TPSA) is 50.3 Å². The average Bonchev–Trinajstić information content (AvgIpc) is 3.45. The number of anilines is 2. The molecule has 0 atom stereocenters. The van der Waals surface area contributed by atoms with E-state index in [1.165, 1.54) is 29.7 Å². The van der Waals surface area contributed by atoms with Crippen LogP contribution in [0.2, 0.25) is 0 Å². The summed E-state index contributed by atoms with van der Waals surface area (Å²) < 4.78 is 5.33. The third kappa shape index (κ3) is 2.83. The molecule has 5 nitrogen and oxygen atoms in total. The number of methoxy groups -OCH3 is 1. The van der Waals surface area contributed by atoms with Gasteiger partial charge in [-0.25, -0.2) is 4.98 Å². The van der Waals surface area contributed by atoms with Gasteiger partial charge in [-0.1, -0.05) is 6.07 Å². The number of hydrogen-bond donors (Lipinski definition) is 1. The van der Waals surface area contributed by atoms with Gasteiger partial charge in [0.1, 0.15) is 11.6 Å². The Morgan fingerprint density at radius 2 is 2.04 bits per heavy atom. The lowest BCUT2D eigenvalue weighted by atomic mass is 9.99. The molecule has 1 aromatic heterocycles. The van der Waals surface area contributed by atoms with Gasteiger partial charge < -0.3 is 15.0 Å². The van der Waals surface area contributed by atoms with Gasteiger partial charge in [-0.05, 0) is 42.5 Å². The smallest absolute Gasteiger partial charge is 0.224 e. The lowest BCUT2D eigenvalue weighted by molar-refractivity contribution is 0.413. The van der Waals surface area contributed by atoms with E-state index in [1.54, 1.807) is 7.11 Å². The van der Waals surface area contributed by atoms with Crippen LogP contribution in [-0.2, 0) is 13.0 Å². The maximum Gasteiger partial charge on any atom is 0.224 e. The zero-order chi connectivity index (χ0) is 15.8. The second kappa shape index (κ2) is 5.72. The molecule has 5 heteroatoms. The quantitative estimate of drug-likeness (QED) is 0.941. The predicted octanol–water partition coefficient (Wildman–Crippen LogP) is 2.97. The van der Waals surface area contributed by atoms with Crippen LogP contribution in [0.25, 0.3) is 0 Å². The molecule has 1 aromatic carbocycles. The Balaban J connectivity index is 1.62. The summed E-state index contributed by atoms with van der Waals surface area (Å²) in [5, 5.41) is 3.10. The SMILES string of the molecule is CNc1nc(C2CC2)cc(N2CCc3cc(OC)ccc3C2)n1. The second-order valence-corrected chi connectivity index (χ2v) is 6.31. The lowest BCUT2D eigenvalue weighted by Crippen LogP contribution is -2.31. The molecule has 0 bridgehead atoms. The first kappa shape index (κ1) is 14.3. The van der Waals surface area contributed by atoms with E-state index in [0.29, 0.717) is 5.92 Å². The number of rotatable bonds is 4. The first-order valence-corrected chi connectivity index (χ1v) is 8.24. The summed E-state index contributed by atoms with van der Waals surface area (Å²) in [5.74, 6) is 3.33. The third-order valence-corrected chi connectivity index (χ3v) is 4.70. The van der Waals surface area contributed by atoms with Crippen molar-refractivity contribution in [1.29, 1.82) is 0 Å². The zero-order valence-corrected chi connectivity index (χ0v) is 13.7. The van der Waals surface area contributed by atoms with Crippen molar-refractivity contribution in [1.82, 2.24) is 9.97 Å². The van der Waals surface area contributed by atoms with Gasteiger partial charge in [-0.2, -0.15) is 4.98 Å². The van der Waals surface area contributed by atoms with E-state index in [0.717, 1.165) is 37.0 Å². The Kier molecular flexibility index (Phi) is 3.56. The Hall–Kier alpha value is -2.30. The number of nitrogens with one attached hydrogen (secondary N) is 1. The highest BCUT2D eigenvalue weighted by atomic mass is 16.5. The molecule has 2 aromatic rings. The fourth-order valence-electron chi connectivity index (χ4n) is 3.17. The van der Waals surface area contributed by atoms with Crippen molar-refractivity contribution >= 4 is 11.8 Å². The van der Waals surface area contributed by atoms with Gasteiger partial charge in [0.05, 0.1) is 12.8 Å². The van der Waals surface area contributed by atoms with E-state index in [2.05, 4.69) is 38.4 Å². The van der Waals surface area contributed by atoms with Crippen LogP contribution < -0.4 is 15.0 Å². The van der Waals surface area contributed by atoms with E-state index in [4.69, 9.17) is 4.74 Å². The molecule has 1 aliphatic carbocycles. The van der Waals surface area contributed by atoms with Gasteiger partial charge in [0.25, 0.3) is 0 Å². The molecule has 4 rings (SSSR count). The van der Waals surface area contributed by atoms with E-state index >= 15 is 0 Å². The molecule has 23 heavy (non-hydrogen) atoms. The van der Waals surface area contributed by atoms with Crippen molar-refractivity contribution in [3.8, 4) is 5.75 Å². The van der Waals surface area contributed by atoms with Crippen LogP contribution >= 0.6 is 0 Å². The van der Waals surface area contributed by atoms with Crippen molar-refractivity contribution in [3.05, 3.63) is 41.1 Å². The van der Waals surface area contributed by atoms with Crippen molar-refractivity contribution in [3.63, 3.8) is 0 Å². The Bertz CT molecular complexity index is 727. The number of ether oxygens (including phenoxy) is 1. The Labute approximate surface area is 136 Å². The summed E-state index contributed by atoms with van der Waals surface area (Å²) in [6.45, 7) is 1.87. The van der Waals surface area contributed by atoms with Crippen molar-refractivity contribution in [2.75, 3.05) is 30.9 Å². The van der Waals surface area contributed by atoms with Crippen LogP contribution in [0.1, 0.15) is 35.6 Å². The van der Waals surface area contributed by atoms with Crippen molar-refractivity contribution in [2.45, 2.75) is 31.7 Å². The number of nitrogens with zero attached hydrogens (tertiary/aromatic N) is 3. The second-order valence-electron chi connectivity index (χ2n) is 6.31. The van der Waals surface area contributed by atoms with Crippen molar-refractivity contribution in [2.24, 2.45) is 0 Å². The molecule has 0 radical (unpaired) electrons. The molecule has 0 amide bonds. The van der Waals surface area contributed by atoms with Crippen molar-refractivity contribution < 1.29 is 4.74 Å². The fourth-order valence-corrected chi connectivity index (χ4v) is 3.17. The maximum absolute atomic E-state index is 5.33. The van der Waals surface area contributed by atoms with Gasteiger partial charge in [0, 0.05) is 32.1 Å². The minimum Gasteiger partial charge on any atom is -0.497 e. The summed E-state index contributed by atoms with van der Waals surface area (Å²) >= 11 is 0. The highest BCUT2D eigenvalue weighted by molar-refractivity contribution is 5.50. The molecule has 1 fully saturated rings. The van der Waals surface area contributed by atoms with Gasteiger partial charge in [0.2, 0.25) is 5.95 Å². The molecule has 2 aliphatic rings. The molecule has 0 saturated heterocycles. The van der Waals surface area contributed by atoms with Crippen LogP contribution in [0.15, 0.2) is 24.3 Å². The molecule has 2 heterocycles. The molecule has 0 unspecified atom stereocenters. The molecule has 0 spiro atoms. The highest BCUT2D eigenvalue weighted by Gasteiger charge is 2.27. The predicted molar refractivity (Wildman–Crippen MR) is 91.3 cm³/mol. The molecule has 1 N–H and O–H groups in total. The number of aromatic nitrogens is 2. The third-order valence-electron chi connectivity index (χ3n) is 4.70. The molecule has 120 valence electrons. The lowest BCUT2D eigenvalue weighted by Gasteiger charge is -2.30. The van der Waals surface area contributed by atoms with Crippen LogP contribution in [0.3, 0.4) is 0 Å². The first-order chi connectivity index (χ1) is 11.3. The largest absolute Gasteiger partial charge is 0.497 e. The molecular weight excluding hydrogens is 288 g/mol. The van der Waals surface area contributed by atoms with E-state index in [9.17, 15) is 0 Å². The van der Waals surface area contributed by atoms with Gasteiger partial charge >= 0.3 is 0 Å². The monoisotopic (exact) mass is 310 g/mol. The zero-order valence-electron chi connectivity index (χ0n) is 13.7. The van der Waals surface area contributed by atoms with Crippen LogP contribution in [-0.4, -0.2) is 30.7 Å². The average molecular weight is 310 g/mol. The highest BCUT2D eigenvalue weighted by Crippen LogP contribution is 2.40. The van der Waals surface area contributed by atoms with E-state index in [1.807, 2.05) is 13.1 Å². The molecule has 1 aliphatic heterocycles. The van der Waals surface area contributed by atoms with Gasteiger partial charge in [-0.3, -0.25) is 0 Å². The minimum absolute atomic E-state index is 0.630.